The minimum absolute atomic E-state index is 0.0824. The van der Waals surface area contributed by atoms with E-state index in [4.69, 9.17) is 18.9 Å². The summed E-state index contributed by atoms with van der Waals surface area (Å²) in [6, 6.07) is 45.3. The Morgan fingerprint density at radius 3 is 0.700 bits per heavy atom. The molecule has 4 saturated heterocycles. The standard InChI is InChI=1S/4C21H25N3O5S/c3*1-14-12-22(2)20-11-17(29-3)6-9-19(20)24(14)30(27,28)18-7-4-15(5-8-18)23-13-16(25)10-21(23)26;1-14-13-22(2)19-12-16(29-3)6-9-18(19)24(14)30(27,28)17-7-4-15(5-8-17)23-11-10-20(25)21(23)26/h3*4-9,11,14,16,25H,10,12-13H2,1-3H3;4-9,12,14,20,25H,10-11,13H2,1-3H3/t2*14?,16-;;14?,20-/m10.0/s1. The smallest absolute Gasteiger partial charge is 0.264 e. The number of rotatable bonds is 16. The number of anilines is 12. The number of β-amino-alcohol motifs (C(OH)–C–C–N with tert-alkyl or cyclic N) is 3. The molecule has 32 nitrogen and oxygen atoms in total. The molecule has 0 aliphatic carbocycles. The van der Waals surface area contributed by atoms with Crippen molar-refractivity contribution in [1.29, 1.82) is 0 Å². The van der Waals surface area contributed by atoms with Crippen LogP contribution in [0.5, 0.6) is 23.0 Å². The van der Waals surface area contributed by atoms with Gasteiger partial charge in [-0.25, -0.2) is 33.7 Å². The number of amides is 4. The number of likely N-dealkylation sites (N-methyl/N-ethyl adjacent to an activating group) is 4. The molecule has 5 unspecified atom stereocenters. The van der Waals surface area contributed by atoms with E-state index in [1.54, 1.807) is 126 Å². The molecule has 8 heterocycles. The van der Waals surface area contributed by atoms with Gasteiger partial charge in [0.05, 0.1) is 175 Å². The number of fused-ring (bicyclic) bond motifs is 4. The molecule has 4 fully saturated rings. The Balaban J connectivity index is 0.000000138. The van der Waals surface area contributed by atoms with Crippen LogP contribution < -0.4 is 75.4 Å². The van der Waals surface area contributed by atoms with Crippen molar-refractivity contribution in [1.82, 2.24) is 0 Å². The van der Waals surface area contributed by atoms with Crippen LogP contribution in [-0.2, 0) is 59.3 Å². The molecule has 36 heteroatoms. The maximum Gasteiger partial charge on any atom is 0.264 e. The zero-order valence-electron chi connectivity index (χ0n) is 68.6. The topological polar surface area (TPSA) is 362 Å². The lowest BCUT2D eigenvalue weighted by Crippen LogP contribution is -2.49. The van der Waals surface area contributed by atoms with Crippen molar-refractivity contribution in [2.45, 2.75) is 122 Å². The van der Waals surface area contributed by atoms with Crippen LogP contribution in [0.4, 0.5) is 68.2 Å². The number of aliphatic hydroxyl groups excluding tert-OH is 4. The summed E-state index contributed by atoms with van der Waals surface area (Å²) in [5, 5.41) is 38.7. The fraction of sp³-hybridized carbons (Fsp3) is 0.381. The largest absolute Gasteiger partial charge is 0.497 e. The van der Waals surface area contributed by atoms with Crippen LogP contribution in [0.2, 0.25) is 0 Å². The van der Waals surface area contributed by atoms with E-state index in [-0.39, 0.29) is 106 Å². The number of hydrogen-bond acceptors (Lipinski definition) is 24. The molecule has 16 rings (SSSR count). The summed E-state index contributed by atoms with van der Waals surface area (Å²) < 4.78 is 135. The lowest BCUT2D eigenvalue weighted by molar-refractivity contribution is -0.124. The summed E-state index contributed by atoms with van der Waals surface area (Å²) in [6.45, 7) is 10.7. The summed E-state index contributed by atoms with van der Waals surface area (Å²) in [5.41, 5.74) is 7.82. The van der Waals surface area contributed by atoms with Gasteiger partial charge in [-0.2, -0.15) is 0 Å². The number of carbonyl (C=O) groups is 4. The first kappa shape index (κ1) is 86.7. The van der Waals surface area contributed by atoms with Crippen LogP contribution in [0.25, 0.3) is 0 Å². The average Bonchev–Trinajstić information content (AvgIpc) is 0.956. The van der Waals surface area contributed by atoms with Gasteiger partial charge in [0.2, 0.25) is 17.7 Å². The number of ether oxygens (including phenoxy) is 4. The van der Waals surface area contributed by atoms with Crippen molar-refractivity contribution in [3.05, 3.63) is 170 Å². The van der Waals surface area contributed by atoms with Gasteiger partial charge < -0.3 is 78.6 Å². The van der Waals surface area contributed by atoms with E-state index in [1.807, 2.05) is 99.8 Å². The van der Waals surface area contributed by atoms with E-state index >= 15 is 0 Å². The van der Waals surface area contributed by atoms with Crippen molar-refractivity contribution >= 4 is 132 Å². The Hall–Kier alpha value is -11.1. The van der Waals surface area contributed by atoms with Crippen LogP contribution in [0.1, 0.15) is 53.4 Å². The maximum atomic E-state index is 13.5. The van der Waals surface area contributed by atoms with Crippen LogP contribution in [-0.4, -0.2) is 235 Å². The fourth-order valence-electron chi connectivity index (χ4n) is 16.6. The Labute approximate surface area is 699 Å². The molecule has 0 saturated carbocycles. The molecular weight excluding hydrogens is 1630 g/mol. The number of carbonyl (C=O) groups excluding carboxylic acids is 4. The molecule has 8 atom stereocenters. The minimum Gasteiger partial charge on any atom is -0.497 e. The maximum absolute atomic E-state index is 13.5. The molecular formula is C84H100N12O20S4. The van der Waals surface area contributed by atoms with Crippen molar-refractivity contribution in [2.75, 3.05) is 165 Å². The van der Waals surface area contributed by atoms with E-state index in [0.717, 1.165) is 22.7 Å². The first-order valence-corrected chi connectivity index (χ1v) is 44.8. The zero-order valence-corrected chi connectivity index (χ0v) is 71.9. The van der Waals surface area contributed by atoms with E-state index in [9.17, 15) is 73.3 Å². The third-order valence-corrected chi connectivity index (χ3v) is 30.2. The molecule has 8 aliphatic rings. The molecule has 4 amide bonds. The van der Waals surface area contributed by atoms with Crippen LogP contribution in [0.15, 0.2) is 189 Å². The lowest BCUT2D eigenvalue weighted by Gasteiger charge is -2.41. The van der Waals surface area contributed by atoms with Crippen LogP contribution in [0.3, 0.4) is 0 Å². The van der Waals surface area contributed by atoms with Gasteiger partial charge in [0.25, 0.3) is 46.0 Å². The minimum atomic E-state index is -3.82. The molecule has 8 aliphatic heterocycles. The van der Waals surface area contributed by atoms with E-state index < -0.39 is 64.5 Å². The van der Waals surface area contributed by atoms with E-state index in [2.05, 4.69) is 0 Å². The molecule has 4 N–H and O–H groups in total. The van der Waals surface area contributed by atoms with Gasteiger partial charge in [-0.05, 0) is 173 Å². The second-order valence-corrected chi connectivity index (χ2v) is 38.2. The van der Waals surface area contributed by atoms with Crippen molar-refractivity contribution in [3.63, 3.8) is 0 Å². The number of nitrogens with zero attached hydrogens (tertiary/aromatic N) is 12. The highest BCUT2D eigenvalue weighted by Crippen LogP contribution is 2.46. The Morgan fingerprint density at radius 2 is 0.517 bits per heavy atom. The number of aliphatic hydroxyl groups is 4. The summed E-state index contributed by atoms with van der Waals surface area (Å²) in [4.78, 5) is 62.6. The predicted molar refractivity (Wildman–Crippen MR) is 459 cm³/mol. The first-order chi connectivity index (χ1) is 56.9. The van der Waals surface area contributed by atoms with Gasteiger partial charge in [-0.1, -0.05) is 0 Å². The van der Waals surface area contributed by atoms with Gasteiger partial charge in [0.15, 0.2) is 0 Å². The third-order valence-electron chi connectivity index (χ3n) is 22.4. The molecule has 0 bridgehead atoms. The van der Waals surface area contributed by atoms with Crippen LogP contribution in [0, 0.1) is 0 Å². The Morgan fingerprint density at radius 1 is 0.300 bits per heavy atom. The monoisotopic (exact) mass is 1720 g/mol. The van der Waals surface area contributed by atoms with Gasteiger partial charge in [0.1, 0.15) is 29.1 Å². The average molecular weight is 1730 g/mol. The SMILES string of the molecule is COc1ccc2c(c1)N(C)CC(C)N2S(=O)(=O)c1ccc(N2CC(O)CC2=O)cc1.COc1ccc2c(c1)N(C)CC(C)N2S(=O)(=O)c1ccc(N2CC[C@H](O)C2=O)cc1.COc1ccc2c(c1)N(C)CC(C)N2S(=O)(=O)c1ccc(N2C[C@@H](O)CC2=O)cc1.COc1ccc2c(c1)N(C)CC(C)N2S(=O)(=O)c1ccc(N2C[C@H](O)CC2=O)cc1. The highest BCUT2D eigenvalue weighted by molar-refractivity contribution is 7.93. The van der Waals surface area contributed by atoms with Crippen molar-refractivity contribution in [3.8, 4) is 23.0 Å². The molecule has 640 valence electrons. The zero-order chi connectivity index (χ0) is 86.5. The number of benzene rings is 8. The Kier molecular flexibility index (Phi) is 25.0. The van der Waals surface area contributed by atoms with E-state index in [1.165, 1.54) is 85.4 Å². The Bertz CT molecular complexity index is 5020. The fourth-order valence-corrected chi connectivity index (χ4v) is 23.2. The summed E-state index contributed by atoms with van der Waals surface area (Å²) >= 11 is 0. The van der Waals surface area contributed by atoms with Crippen LogP contribution >= 0.6 is 0 Å². The molecule has 8 aromatic carbocycles. The van der Waals surface area contributed by atoms with E-state index in [0.29, 0.717) is 108 Å². The molecule has 120 heavy (non-hydrogen) atoms. The highest BCUT2D eigenvalue weighted by Gasteiger charge is 2.43. The second kappa shape index (κ2) is 34.5. The first-order valence-electron chi connectivity index (χ1n) is 39.0. The molecule has 0 aromatic heterocycles. The van der Waals surface area contributed by atoms with Crippen molar-refractivity contribution < 1.29 is 92.2 Å². The normalized spacial score (nSPS) is 21.7. The highest BCUT2D eigenvalue weighted by atomic mass is 32.2. The van der Waals surface area contributed by atoms with Crippen molar-refractivity contribution in [2.24, 2.45) is 0 Å². The quantitative estimate of drug-likeness (QED) is 0.0736. The number of methoxy groups -OCH3 is 4. The van der Waals surface area contributed by atoms with Gasteiger partial charge in [0, 0.05) is 114 Å². The predicted octanol–water partition coefficient (Wildman–Crippen LogP) is 7.31. The number of hydrogen-bond donors (Lipinski definition) is 4. The summed E-state index contributed by atoms with van der Waals surface area (Å²) in [6.07, 6.45) is -2.45. The van der Waals surface area contributed by atoms with Gasteiger partial charge in [-0.3, -0.25) is 36.4 Å². The molecule has 8 aromatic rings. The third kappa shape index (κ3) is 16.9. The summed E-state index contributed by atoms with van der Waals surface area (Å²) in [5.74, 6) is 1.77. The van der Waals surface area contributed by atoms with Gasteiger partial charge >= 0.3 is 0 Å². The molecule has 0 radical (unpaired) electrons. The molecule has 0 spiro atoms. The lowest BCUT2D eigenvalue weighted by atomic mass is 10.1. The summed E-state index contributed by atoms with van der Waals surface area (Å²) in [7, 11) is -1.27. The number of sulfonamides is 4. The van der Waals surface area contributed by atoms with Gasteiger partial charge in [-0.15, -0.1) is 0 Å². The second-order valence-electron chi connectivity index (χ2n) is 30.9.